The summed E-state index contributed by atoms with van der Waals surface area (Å²) >= 11 is 0. The van der Waals surface area contributed by atoms with Gasteiger partial charge in [0.2, 0.25) is 5.91 Å². The number of hydrogen-bond donors (Lipinski definition) is 2. The highest BCUT2D eigenvalue weighted by Crippen LogP contribution is 2.48. The van der Waals surface area contributed by atoms with Crippen molar-refractivity contribution >= 4 is 11.9 Å². The zero-order chi connectivity index (χ0) is 10.8. The Balaban J connectivity index is 2.51. The number of nitrogens with one attached hydrogen (secondary N) is 1. The topological polar surface area (TPSA) is 66.4 Å². The first-order valence-corrected chi connectivity index (χ1v) is 4.65. The van der Waals surface area contributed by atoms with Crippen molar-refractivity contribution < 1.29 is 19.1 Å². The second-order valence-electron chi connectivity index (χ2n) is 3.65. The third-order valence-electron chi connectivity index (χ3n) is 2.77. The van der Waals surface area contributed by atoms with Crippen LogP contribution in [0.2, 0.25) is 0 Å². The predicted molar refractivity (Wildman–Crippen MR) is 47.5 cm³/mol. The van der Waals surface area contributed by atoms with Crippen molar-refractivity contribution in [1.82, 2.24) is 5.32 Å². The van der Waals surface area contributed by atoms with E-state index >= 15 is 0 Å². The summed E-state index contributed by atoms with van der Waals surface area (Å²) in [5.74, 6) is -1.65. The molecule has 1 aliphatic rings. The lowest BCUT2D eigenvalue weighted by Gasteiger charge is -2.16. The van der Waals surface area contributed by atoms with Crippen LogP contribution >= 0.6 is 0 Å². The first-order valence-electron chi connectivity index (χ1n) is 4.65. The molecule has 5 heteroatoms. The van der Waals surface area contributed by atoms with Gasteiger partial charge in [0.1, 0.15) is 6.67 Å². The van der Waals surface area contributed by atoms with Gasteiger partial charge >= 0.3 is 5.97 Å². The molecule has 1 atom stereocenters. The largest absolute Gasteiger partial charge is 0.480 e. The average Bonchev–Trinajstić information content (AvgIpc) is 2.93. The van der Waals surface area contributed by atoms with Gasteiger partial charge in [-0.15, -0.1) is 0 Å². The second kappa shape index (κ2) is 3.94. The molecule has 4 nitrogen and oxygen atoms in total. The van der Waals surface area contributed by atoms with Crippen LogP contribution in [0.25, 0.3) is 0 Å². The summed E-state index contributed by atoms with van der Waals surface area (Å²) in [5.41, 5.74) is -0.414. The number of carbonyl (C=O) groups excluding carboxylic acids is 1. The molecule has 1 rings (SSSR count). The Bertz CT molecular complexity index is 250. The van der Waals surface area contributed by atoms with Crippen molar-refractivity contribution in [2.75, 3.05) is 6.67 Å². The lowest BCUT2D eigenvalue weighted by molar-refractivity contribution is -0.143. The van der Waals surface area contributed by atoms with Crippen LogP contribution in [-0.4, -0.2) is 29.7 Å². The summed E-state index contributed by atoms with van der Waals surface area (Å²) in [5, 5.41) is 10.7. The van der Waals surface area contributed by atoms with Gasteiger partial charge in [0, 0.05) is 5.41 Å². The molecule has 1 fully saturated rings. The first-order chi connectivity index (χ1) is 6.55. The van der Waals surface area contributed by atoms with E-state index in [4.69, 9.17) is 5.11 Å². The van der Waals surface area contributed by atoms with E-state index in [9.17, 15) is 14.0 Å². The van der Waals surface area contributed by atoms with Crippen molar-refractivity contribution in [3.8, 4) is 0 Å². The standard InChI is InChI=1S/C9H14FNO3/c1-2-9(3-4-9)8(14)11-6(5-10)7(12)13/h6H,2-5H2,1H3,(H,11,14)(H,12,13). The molecule has 0 saturated heterocycles. The molecule has 80 valence electrons. The summed E-state index contributed by atoms with van der Waals surface area (Å²) in [4.78, 5) is 21.9. The molecule has 1 amide bonds. The Morgan fingerprint density at radius 2 is 2.14 bits per heavy atom. The smallest absolute Gasteiger partial charge is 0.328 e. The number of rotatable bonds is 5. The Labute approximate surface area is 81.5 Å². The van der Waals surface area contributed by atoms with E-state index in [-0.39, 0.29) is 5.91 Å². The van der Waals surface area contributed by atoms with Crippen molar-refractivity contribution in [2.24, 2.45) is 5.41 Å². The summed E-state index contributed by atoms with van der Waals surface area (Å²) in [6.07, 6.45) is 2.22. The molecule has 1 aliphatic carbocycles. The Morgan fingerprint density at radius 3 is 2.43 bits per heavy atom. The number of halogens is 1. The normalized spacial score (nSPS) is 19.9. The van der Waals surface area contributed by atoms with Gasteiger partial charge in [-0.25, -0.2) is 9.18 Å². The Morgan fingerprint density at radius 1 is 1.57 bits per heavy atom. The molecule has 1 saturated carbocycles. The highest BCUT2D eigenvalue weighted by molar-refractivity contribution is 5.89. The monoisotopic (exact) mass is 203 g/mol. The zero-order valence-electron chi connectivity index (χ0n) is 8.05. The lowest BCUT2D eigenvalue weighted by atomic mass is 10.0. The van der Waals surface area contributed by atoms with Crippen molar-refractivity contribution in [2.45, 2.75) is 32.2 Å². The number of carbonyl (C=O) groups is 2. The van der Waals surface area contributed by atoms with Crippen LogP contribution in [0.15, 0.2) is 0 Å². The van der Waals surface area contributed by atoms with Crippen LogP contribution in [0.1, 0.15) is 26.2 Å². The van der Waals surface area contributed by atoms with E-state index in [1.807, 2.05) is 6.92 Å². The maximum Gasteiger partial charge on any atom is 0.328 e. The van der Waals surface area contributed by atoms with Gasteiger partial charge < -0.3 is 10.4 Å². The number of hydrogen-bond acceptors (Lipinski definition) is 2. The zero-order valence-corrected chi connectivity index (χ0v) is 8.05. The third kappa shape index (κ3) is 2.02. The van der Waals surface area contributed by atoms with Gasteiger partial charge in [-0.3, -0.25) is 4.79 Å². The van der Waals surface area contributed by atoms with Gasteiger partial charge in [0.05, 0.1) is 0 Å². The molecule has 1 unspecified atom stereocenters. The van der Waals surface area contributed by atoms with Crippen LogP contribution in [0.3, 0.4) is 0 Å². The van der Waals surface area contributed by atoms with Crippen LogP contribution in [-0.2, 0) is 9.59 Å². The molecule has 0 radical (unpaired) electrons. The number of carboxylic acids is 1. The summed E-state index contributed by atoms with van der Waals surface area (Å²) in [7, 11) is 0. The number of alkyl halides is 1. The van der Waals surface area contributed by atoms with Gasteiger partial charge in [0.25, 0.3) is 0 Å². The van der Waals surface area contributed by atoms with Crippen LogP contribution in [0.5, 0.6) is 0 Å². The minimum Gasteiger partial charge on any atom is -0.480 e. The van der Waals surface area contributed by atoms with Crippen LogP contribution in [0.4, 0.5) is 4.39 Å². The van der Waals surface area contributed by atoms with Crippen LogP contribution in [0, 0.1) is 5.41 Å². The molecule has 14 heavy (non-hydrogen) atoms. The van der Waals surface area contributed by atoms with Crippen LogP contribution < -0.4 is 5.32 Å². The average molecular weight is 203 g/mol. The molecule has 0 aromatic carbocycles. The Hall–Kier alpha value is -1.13. The summed E-state index contributed by atoms with van der Waals surface area (Å²) < 4.78 is 12.2. The highest BCUT2D eigenvalue weighted by Gasteiger charge is 2.48. The van der Waals surface area contributed by atoms with Crippen molar-refractivity contribution in [3.05, 3.63) is 0 Å². The fraction of sp³-hybridized carbons (Fsp3) is 0.778. The third-order valence-corrected chi connectivity index (χ3v) is 2.77. The lowest BCUT2D eigenvalue weighted by Crippen LogP contribution is -2.45. The predicted octanol–water partition coefficient (Wildman–Crippen LogP) is 0.715. The van der Waals surface area contributed by atoms with Gasteiger partial charge in [0.15, 0.2) is 6.04 Å². The molecular formula is C9H14FNO3. The highest BCUT2D eigenvalue weighted by atomic mass is 19.1. The number of aliphatic carboxylic acids is 1. The molecule has 0 aliphatic heterocycles. The number of amides is 1. The van der Waals surface area contributed by atoms with E-state index in [0.29, 0.717) is 6.42 Å². The van der Waals surface area contributed by atoms with Gasteiger partial charge in [-0.2, -0.15) is 0 Å². The van der Waals surface area contributed by atoms with Gasteiger partial charge in [-0.05, 0) is 19.3 Å². The minimum absolute atomic E-state index is 0.329. The maximum atomic E-state index is 12.2. The quantitative estimate of drug-likeness (QED) is 0.691. The number of carboxylic acid groups (broad SMARTS) is 1. The van der Waals surface area contributed by atoms with Crippen molar-refractivity contribution in [3.63, 3.8) is 0 Å². The molecule has 2 N–H and O–H groups in total. The van der Waals surface area contributed by atoms with E-state index in [2.05, 4.69) is 5.32 Å². The van der Waals surface area contributed by atoms with Gasteiger partial charge in [-0.1, -0.05) is 6.92 Å². The SMILES string of the molecule is CCC1(C(=O)NC(CF)C(=O)O)CC1. The fourth-order valence-corrected chi connectivity index (χ4v) is 1.37. The Kier molecular flexibility index (Phi) is 3.08. The second-order valence-corrected chi connectivity index (χ2v) is 3.65. The van der Waals surface area contributed by atoms with E-state index < -0.39 is 24.1 Å². The fourth-order valence-electron chi connectivity index (χ4n) is 1.37. The summed E-state index contributed by atoms with van der Waals surface area (Å²) in [6.45, 7) is 0.804. The molecule has 0 bridgehead atoms. The first kappa shape index (κ1) is 10.9. The molecule has 0 spiro atoms. The van der Waals surface area contributed by atoms with E-state index in [1.165, 1.54) is 0 Å². The molecule has 0 aromatic heterocycles. The minimum atomic E-state index is -1.40. The van der Waals surface area contributed by atoms with E-state index in [0.717, 1.165) is 12.8 Å². The maximum absolute atomic E-state index is 12.2. The van der Waals surface area contributed by atoms with Crippen molar-refractivity contribution in [1.29, 1.82) is 0 Å². The molecule has 0 heterocycles. The summed E-state index contributed by atoms with van der Waals surface area (Å²) in [6, 6.07) is -1.40. The molecular weight excluding hydrogens is 189 g/mol. The molecule has 0 aromatic rings. The van der Waals surface area contributed by atoms with E-state index in [1.54, 1.807) is 0 Å².